The molecule has 1 unspecified atom stereocenters. The second-order valence-corrected chi connectivity index (χ2v) is 5.48. The molecule has 0 bridgehead atoms. The van der Waals surface area contributed by atoms with Crippen molar-refractivity contribution in [2.24, 2.45) is 5.92 Å². The van der Waals surface area contributed by atoms with Crippen LogP contribution in [0.15, 0.2) is 48.6 Å². The third kappa shape index (κ3) is 5.79. The first kappa shape index (κ1) is 17.1. The first-order chi connectivity index (χ1) is 11.2. The molecule has 2 N–H and O–H groups in total. The van der Waals surface area contributed by atoms with Crippen molar-refractivity contribution in [1.29, 1.82) is 0 Å². The SMILES string of the molecule is COc1ccc(C[C@@H](CO)NC(=O)OCC2C=CC=CC2)cc1. The van der Waals surface area contributed by atoms with Gasteiger partial charge in [-0.15, -0.1) is 0 Å². The maximum absolute atomic E-state index is 11.8. The van der Waals surface area contributed by atoms with Crippen LogP contribution in [0.3, 0.4) is 0 Å². The van der Waals surface area contributed by atoms with Crippen molar-refractivity contribution >= 4 is 6.09 Å². The first-order valence-corrected chi connectivity index (χ1v) is 7.71. The Morgan fingerprint density at radius 3 is 2.74 bits per heavy atom. The van der Waals surface area contributed by atoms with Gasteiger partial charge >= 0.3 is 6.09 Å². The van der Waals surface area contributed by atoms with Crippen LogP contribution in [0.1, 0.15) is 12.0 Å². The summed E-state index contributed by atoms with van der Waals surface area (Å²) in [7, 11) is 1.61. The van der Waals surface area contributed by atoms with E-state index in [1.54, 1.807) is 7.11 Å². The van der Waals surface area contributed by atoms with Gasteiger partial charge in [0.25, 0.3) is 0 Å². The highest BCUT2D eigenvalue weighted by atomic mass is 16.5. The van der Waals surface area contributed by atoms with Gasteiger partial charge in [0.15, 0.2) is 0 Å². The number of aliphatic hydroxyl groups is 1. The summed E-state index contributed by atoms with van der Waals surface area (Å²) in [5, 5.41) is 12.1. The molecule has 0 saturated carbocycles. The molecule has 0 radical (unpaired) electrons. The minimum atomic E-state index is -0.500. The average molecular weight is 317 g/mol. The summed E-state index contributed by atoms with van der Waals surface area (Å²) in [4.78, 5) is 11.8. The minimum Gasteiger partial charge on any atom is -0.497 e. The van der Waals surface area contributed by atoms with E-state index in [0.29, 0.717) is 13.0 Å². The predicted molar refractivity (Wildman–Crippen MR) is 88.4 cm³/mol. The summed E-state index contributed by atoms with van der Waals surface area (Å²) in [5.74, 6) is 0.996. The number of hydrogen-bond acceptors (Lipinski definition) is 4. The molecule has 5 heteroatoms. The van der Waals surface area contributed by atoms with Crippen LogP contribution in [0.4, 0.5) is 4.79 Å². The van der Waals surface area contributed by atoms with Crippen LogP contribution < -0.4 is 10.1 Å². The molecule has 2 rings (SSSR count). The molecule has 1 aromatic rings. The molecule has 1 aliphatic carbocycles. The standard InChI is InChI=1S/C18H23NO4/c1-22-17-9-7-14(8-10-17)11-16(12-20)19-18(21)23-13-15-5-3-2-4-6-15/h2-5,7-10,15-16,20H,6,11-13H2,1H3,(H,19,21)/t15?,16-/m0/s1. The maximum Gasteiger partial charge on any atom is 0.407 e. The van der Waals surface area contributed by atoms with Gasteiger partial charge in [0.2, 0.25) is 0 Å². The zero-order chi connectivity index (χ0) is 16.5. The number of carbonyl (C=O) groups is 1. The summed E-state index contributed by atoms with van der Waals surface area (Å²) < 4.78 is 10.3. The minimum absolute atomic E-state index is 0.146. The Labute approximate surface area is 136 Å². The maximum atomic E-state index is 11.8. The number of benzene rings is 1. The van der Waals surface area contributed by atoms with Gasteiger partial charge in [0, 0.05) is 5.92 Å². The number of methoxy groups -OCH3 is 1. The first-order valence-electron chi connectivity index (χ1n) is 7.71. The number of alkyl carbamates (subject to hydrolysis) is 1. The van der Waals surface area contributed by atoms with E-state index < -0.39 is 6.09 Å². The lowest BCUT2D eigenvalue weighted by Crippen LogP contribution is -2.39. The lowest BCUT2D eigenvalue weighted by molar-refractivity contribution is 0.125. The molecule has 0 aromatic heterocycles. The Bertz CT molecular complexity index is 551. The molecule has 2 atom stereocenters. The van der Waals surface area contributed by atoms with E-state index in [9.17, 15) is 9.90 Å². The summed E-state index contributed by atoms with van der Waals surface area (Å²) in [6, 6.07) is 7.15. The zero-order valence-electron chi connectivity index (χ0n) is 13.3. The number of hydrogen-bond donors (Lipinski definition) is 2. The highest BCUT2D eigenvalue weighted by molar-refractivity contribution is 5.67. The van der Waals surface area contributed by atoms with E-state index in [-0.39, 0.29) is 18.6 Å². The fourth-order valence-corrected chi connectivity index (χ4v) is 2.35. The molecule has 5 nitrogen and oxygen atoms in total. The molecule has 23 heavy (non-hydrogen) atoms. The molecular formula is C18H23NO4. The number of carbonyl (C=O) groups excluding carboxylic acids is 1. The quantitative estimate of drug-likeness (QED) is 0.810. The molecule has 0 aliphatic heterocycles. The van der Waals surface area contributed by atoms with Crippen LogP contribution in [-0.4, -0.2) is 37.6 Å². The van der Waals surface area contributed by atoms with Crippen LogP contribution in [0.2, 0.25) is 0 Å². The van der Waals surface area contributed by atoms with E-state index >= 15 is 0 Å². The van der Waals surface area contributed by atoms with Gasteiger partial charge in [0.1, 0.15) is 5.75 Å². The lowest BCUT2D eigenvalue weighted by Gasteiger charge is -2.18. The second kappa shape index (κ2) is 9.00. The molecule has 0 saturated heterocycles. The summed E-state index contributed by atoms with van der Waals surface area (Å²) >= 11 is 0. The fraction of sp³-hybridized carbons (Fsp3) is 0.389. The topological polar surface area (TPSA) is 67.8 Å². The Kier molecular flexibility index (Phi) is 6.69. The summed E-state index contributed by atoms with van der Waals surface area (Å²) in [6.45, 7) is 0.195. The van der Waals surface area contributed by atoms with Gasteiger partial charge < -0.3 is 19.9 Å². The fourth-order valence-electron chi connectivity index (χ4n) is 2.35. The Balaban J connectivity index is 1.77. The number of rotatable bonds is 7. The van der Waals surface area contributed by atoms with Crippen molar-refractivity contribution < 1.29 is 19.4 Å². The molecular weight excluding hydrogens is 294 g/mol. The molecule has 0 fully saturated rings. The number of amides is 1. The second-order valence-electron chi connectivity index (χ2n) is 5.48. The summed E-state index contributed by atoms with van der Waals surface area (Å²) in [6.07, 6.45) is 8.91. The van der Waals surface area contributed by atoms with Crippen molar-refractivity contribution in [2.75, 3.05) is 20.3 Å². The zero-order valence-corrected chi connectivity index (χ0v) is 13.3. The smallest absolute Gasteiger partial charge is 0.407 e. The lowest BCUT2D eigenvalue weighted by atomic mass is 10.0. The van der Waals surface area contributed by atoms with E-state index in [2.05, 4.69) is 5.32 Å². The van der Waals surface area contributed by atoms with E-state index in [1.165, 1.54) is 0 Å². The van der Waals surface area contributed by atoms with Gasteiger partial charge in [0.05, 0.1) is 26.4 Å². The van der Waals surface area contributed by atoms with Gasteiger partial charge in [-0.05, 0) is 30.5 Å². The number of ether oxygens (including phenoxy) is 2. The van der Waals surface area contributed by atoms with Crippen molar-refractivity contribution in [2.45, 2.75) is 18.9 Å². The van der Waals surface area contributed by atoms with Crippen LogP contribution in [0, 0.1) is 5.92 Å². The highest BCUT2D eigenvalue weighted by Gasteiger charge is 2.15. The number of allylic oxidation sites excluding steroid dienone is 3. The monoisotopic (exact) mass is 317 g/mol. The predicted octanol–water partition coefficient (Wildman–Crippen LogP) is 2.46. The summed E-state index contributed by atoms with van der Waals surface area (Å²) in [5.41, 5.74) is 1.01. The number of aliphatic hydroxyl groups excluding tert-OH is 1. The normalized spacial score (nSPS) is 17.6. The van der Waals surface area contributed by atoms with Gasteiger partial charge in [-0.1, -0.05) is 36.4 Å². The molecule has 0 heterocycles. The van der Waals surface area contributed by atoms with Crippen LogP contribution in [-0.2, 0) is 11.2 Å². The van der Waals surface area contributed by atoms with Gasteiger partial charge in [-0.2, -0.15) is 0 Å². The van der Waals surface area contributed by atoms with Crippen LogP contribution in [0.5, 0.6) is 5.75 Å². The van der Waals surface area contributed by atoms with Gasteiger partial charge in [-0.3, -0.25) is 0 Å². The van der Waals surface area contributed by atoms with Gasteiger partial charge in [-0.25, -0.2) is 4.79 Å². The molecule has 124 valence electrons. The van der Waals surface area contributed by atoms with E-state index in [4.69, 9.17) is 9.47 Å². The van der Waals surface area contributed by atoms with Crippen molar-refractivity contribution in [3.63, 3.8) is 0 Å². The average Bonchev–Trinajstić information content (AvgIpc) is 2.61. The van der Waals surface area contributed by atoms with Crippen molar-refractivity contribution in [1.82, 2.24) is 5.32 Å². The Morgan fingerprint density at radius 2 is 2.13 bits per heavy atom. The van der Waals surface area contributed by atoms with Crippen molar-refractivity contribution in [3.05, 3.63) is 54.1 Å². The highest BCUT2D eigenvalue weighted by Crippen LogP contribution is 2.13. The Hall–Kier alpha value is -2.27. The molecule has 1 aliphatic rings. The molecule has 0 spiro atoms. The number of nitrogens with one attached hydrogen (secondary N) is 1. The van der Waals surface area contributed by atoms with Crippen molar-refractivity contribution in [3.8, 4) is 5.75 Å². The molecule has 1 amide bonds. The van der Waals surface area contributed by atoms with Crippen LogP contribution in [0.25, 0.3) is 0 Å². The third-order valence-electron chi connectivity index (χ3n) is 3.68. The molecule has 1 aromatic carbocycles. The van der Waals surface area contributed by atoms with E-state index in [0.717, 1.165) is 17.7 Å². The third-order valence-corrected chi connectivity index (χ3v) is 3.68. The largest absolute Gasteiger partial charge is 0.497 e. The Morgan fingerprint density at radius 1 is 1.35 bits per heavy atom. The van der Waals surface area contributed by atoms with Crippen LogP contribution >= 0.6 is 0 Å². The van der Waals surface area contributed by atoms with E-state index in [1.807, 2.05) is 48.6 Å².